The highest BCUT2D eigenvalue weighted by Crippen LogP contribution is 2.60. The lowest BCUT2D eigenvalue weighted by Gasteiger charge is -2.33. The van der Waals surface area contributed by atoms with E-state index in [-0.39, 0.29) is 10.8 Å². The molecule has 0 amide bonds. The number of nitrogens with zero attached hydrogens (tertiary/aromatic N) is 1. The van der Waals surface area contributed by atoms with Crippen LogP contribution in [-0.4, -0.2) is 0 Å². The predicted octanol–water partition coefficient (Wildman–Crippen LogP) is 12.8. The van der Waals surface area contributed by atoms with Crippen LogP contribution < -0.4 is 4.90 Å². The van der Waals surface area contributed by atoms with E-state index in [0.29, 0.717) is 0 Å². The molecule has 2 nitrogen and oxygen atoms in total. The smallest absolute Gasteiger partial charge is 0.143 e. The first-order valence-corrected chi connectivity index (χ1v) is 17.0. The van der Waals surface area contributed by atoms with Gasteiger partial charge < -0.3 is 9.32 Å². The first-order chi connectivity index (χ1) is 23.4. The quantitative estimate of drug-likeness (QED) is 0.196. The van der Waals surface area contributed by atoms with Crippen LogP contribution in [0.15, 0.2) is 144 Å². The molecule has 7 aromatic carbocycles. The summed E-state index contributed by atoms with van der Waals surface area (Å²) >= 11 is 0. The average molecular weight is 618 g/mol. The van der Waals surface area contributed by atoms with E-state index < -0.39 is 0 Å². The van der Waals surface area contributed by atoms with Crippen molar-refractivity contribution in [2.24, 2.45) is 0 Å². The Morgan fingerprint density at radius 3 is 1.98 bits per heavy atom. The molecule has 0 aliphatic heterocycles. The number of fused-ring (bicyclic) bond motifs is 13. The molecule has 0 radical (unpaired) electrons. The van der Waals surface area contributed by atoms with Gasteiger partial charge in [0.2, 0.25) is 0 Å². The molecule has 2 heteroatoms. The Kier molecular flexibility index (Phi) is 5.44. The molecule has 1 heterocycles. The Morgan fingerprint density at radius 2 is 1.15 bits per heavy atom. The number of benzene rings is 7. The molecule has 0 fully saturated rings. The van der Waals surface area contributed by atoms with Gasteiger partial charge in [-0.1, -0.05) is 131 Å². The summed E-state index contributed by atoms with van der Waals surface area (Å²) in [6.45, 7) is 9.53. The minimum Gasteiger partial charge on any atom is -0.455 e. The highest BCUT2D eigenvalue weighted by atomic mass is 16.3. The number of furan rings is 1. The lowest BCUT2D eigenvalue weighted by Crippen LogP contribution is -2.21. The summed E-state index contributed by atoms with van der Waals surface area (Å²) < 4.78 is 6.68. The largest absolute Gasteiger partial charge is 0.455 e. The van der Waals surface area contributed by atoms with Crippen molar-refractivity contribution in [3.05, 3.63) is 162 Å². The molecular formula is C46H35NO. The zero-order valence-corrected chi connectivity index (χ0v) is 27.6. The molecule has 10 rings (SSSR count). The van der Waals surface area contributed by atoms with E-state index in [1.807, 2.05) is 0 Å². The zero-order valence-electron chi connectivity index (χ0n) is 27.6. The maximum atomic E-state index is 6.68. The monoisotopic (exact) mass is 617 g/mol. The van der Waals surface area contributed by atoms with Crippen LogP contribution in [0.3, 0.4) is 0 Å². The molecule has 0 atom stereocenters. The lowest BCUT2D eigenvalue weighted by molar-refractivity contribution is 0.658. The van der Waals surface area contributed by atoms with Gasteiger partial charge in [0.25, 0.3) is 0 Å². The van der Waals surface area contributed by atoms with Crippen LogP contribution in [0.25, 0.3) is 55.0 Å². The molecule has 1 aromatic heterocycles. The first-order valence-electron chi connectivity index (χ1n) is 17.0. The number of rotatable bonds is 3. The Hall–Kier alpha value is -5.60. The summed E-state index contributed by atoms with van der Waals surface area (Å²) in [5.74, 6) is 0. The molecule has 0 bridgehead atoms. The standard InChI is InChI=1S/C46H35NO/c1-45(2)36-22-12-10-17-30(36)31-26-25-29(27-37(31)45)47(28-15-6-5-7-16-28)38-23-14-21-35-40-32-18-8-9-19-33(32)44-41(43(40)46(3,4)42(35)38)34-20-11-13-24-39(34)48-44/h5-27H,1-4H3. The molecule has 2 aliphatic rings. The van der Waals surface area contributed by atoms with Crippen LogP contribution in [-0.2, 0) is 10.8 Å². The summed E-state index contributed by atoms with van der Waals surface area (Å²) in [4.78, 5) is 2.48. The van der Waals surface area contributed by atoms with E-state index in [1.165, 1.54) is 72.0 Å². The second-order valence-electron chi connectivity index (χ2n) is 14.5. The van der Waals surface area contributed by atoms with E-state index >= 15 is 0 Å². The minimum absolute atomic E-state index is 0.0920. The van der Waals surface area contributed by atoms with Gasteiger partial charge in [-0.2, -0.15) is 0 Å². The van der Waals surface area contributed by atoms with Crippen molar-refractivity contribution < 1.29 is 4.42 Å². The highest BCUT2D eigenvalue weighted by molar-refractivity contribution is 6.23. The van der Waals surface area contributed by atoms with Crippen LogP contribution >= 0.6 is 0 Å². The highest BCUT2D eigenvalue weighted by Gasteiger charge is 2.43. The molecular weight excluding hydrogens is 583 g/mol. The van der Waals surface area contributed by atoms with Gasteiger partial charge in [-0.3, -0.25) is 0 Å². The summed E-state index contributed by atoms with van der Waals surface area (Å²) in [5, 5.41) is 4.82. The SMILES string of the molecule is CC1(C)c2ccccc2-c2ccc(N(c3ccccc3)c3cccc4c3C(C)(C)c3c-4c4ccccc4c4oc5ccccc5c34)cc21. The van der Waals surface area contributed by atoms with Crippen LogP contribution in [0.1, 0.15) is 49.9 Å². The van der Waals surface area contributed by atoms with Gasteiger partial charge in [-0.25, -0.2) is 0 Å². The molecule has 0 spiro atoms. The van der Waals surface area contributed by atoms with Crippen LogP contribution in [0.2, 0.25) is 0 Å². The lowest BCUT2D eigenvalue weighted by atomic mass is 9.78. The summed E-state index contributed by atoms with van der Waals surface area (Å²) in [6, 6.07) is 51.0. The van der Waals surface area contributed by atoms with Crippen LogP contribution in [0.5, 0.6) is 0 Å². The van der Waals surface area contributed by atoms with Gasteiger partial charge in [0, 0.05) is 38.4 Å². The Morgan fingerprint density at radius 1 is 0.479 bits per heavy atom. The van der Waals surface area contributed by atoms with Gasteiger partial charge in [-0.15, -0.1) is 0 Å². The Balaban J connectivity index is 1.27. The first kappa shape index (κ1) is 27.5. The summed E-state index contributed by atoms with van der Waals surface area (Å²) in [5.41, 5.74) is 15.8. The molecule has 0 saturated carbocycles. The second-order valence-corrected chi connectivity index (χ2v) is 14.5. The van der Waals surface area contributed by atoms with Crippen molar-refractivity contribution in [3.8, 4) is 22.3 Å². The second kappa shape index (κ2) is 9.49. The van der Waals surface area contributed by atoms with Gasteiger partial charge in [0.05, 0.1) is 5.69 Å². The van der Waals surface area contributed by atoms with Crippen molar-refractivity contribution >= 4 is 49.8 Å². The molecule has 8 aromatic rings. The van der Waals surface area contributed by atoms with Crippen molar-refractivity contribution in [1.29, 1.82) is 0 Å². The van der Waals surface area contributed by atoms with Crippen molar-refractivity contribution in [3.63, 3.8) is 0 Å². The fourth-order valence-corrected chi connectivity index (χ4v) is 9.10. The number of hydrogen-bond acceptors (Lipinski definition) is 2. The van der Waals surface area contributed by atoms with E-state index in [1.54, 1.807) is 0 Å². The molecule has 48 heavy (non-hydrogen) atoms. The van der Waals surface area contributed by atoms with Gasteiger partial charge in [0.1, 0.15) is 11.2 Å². The number of hydrogen-bond donors (Lipinski definition) is 0. The van der Waals surface area contributed by atoms with Gasteiger partial charge in [0.15, 0.2) is 0 Å². The Bertz CT molecular complexity index is 2620. The van der Waals surface area contributed by atoms with Crippen molar-refractivity contribution in [1.82, 2.24) is 0 Å². The average Bonchev–Trinajstić information content (AvgIpc) is 3.69. The summed E-state index contributed by atoms with van der Waals surface area (Å²) in [7, 11) is 0. The normalized spacial score (nSPS) is 15.0. The van der Waals surface area contributed by atoms with Gasteiger partial charge in [-0.05, 0) is 86.3 Å². The fourth-order valence-electron chi connectivity index (χ4n) is 9.10. The van der Waals surface area contributed by atoms with Crippen LogP contribution in [0, 0.1) is 0 Å². The molecule has 2 aliphatic carbocycles. The third-order valence-corrected chi connectivity index (χ3v) is 11.2. The van der Waals surface area contributed by atoms with Crippen molar-refractivity contribution in [2.75, 3.05) is 4.90 Å². The van der Waals surface area contributed by atoms with Crippen molar-refractivity contribution in [2.45, 2.75) is 38.5 Å². The molecule has 0 N–H and O–H groups in total. The summed E-state index contributed by atoms with van der Waals surface area (Å²) in [6.07, 6.45) is 0. The van der Waals surface area contributed by atoms with E-state index in [2.05, 4.69) is 172 Å². The molecule has 0 saturated heterocycles. The van der Waals surface area contributed by atoms with Gasteiger partial charge >= 0.3 is 0 Å². The van der Waals surface area contributed by atoms with E-state index in [0.717, 1.165) is 22.2 Å². The van der Waals surface area contributed by atoms with E-state index in [4.69, 9.17) is 4.42 Å². The minimum atomic E-state index is -0.310. The fraction of sp³-hybridized carbons (Fsp3) is 0.130. The maximum Gasteiger partial charge on any atom is 0.143 e. The number of para-hydroxylation sites is 2. The predicted molar refractivity (Wildman–Crippen MR) is 201 cm³/mol. The molecule has 0 unspecified atom stereocenters. The third kappa shape index (κ3) is 3.47. The topological polar surface area (TPSA) is 16.4 Å². The third-order valence-electron chi connectivity index (χ3n) is 11.2. The van der Waals surface area contributed by atoms with E-state index in [9.17, 15) is 0 Å². The molecule has 230 valence electrons. The number of anilines is 3. The van der Waals surface area contributed by atoms with Crippen LogP contribution in [0.4, 0.5) is 17.1 Å². The maximum absolute atomic E-state index is 6.68. The zero-order chi connectivity index (χ0) is 32.4. The Labute approximate surface area is 280 Å².